The molecule has 1 amide bonds. The van der Waals surface area contributed by atoms with Crippen molar-refractivity contribution in [3.05, 3.63) is 107 Å². The van der Waals surface area contributed by atoms with Crippen molar-refractivity contribution in [2.45, 2.75) is 26.0 Å². The lowest BCUT2D eigenvalue weighted by atomic mass is 10.1. The van der Waals surface area contributed by atoms with Gasteiger partial charge in [0.2, 0.25) is 0 Å². The number of aromatic nitrogens is 5. The fraction of sp³-hybridized carbons (Fsp3) is 0.129. The first-order valence-electron chi connectivity index (χ1n) is 13.0. The summed E-state index contributed by atoms with van der Waals surface area (Å²) in [5.41, 5.74) is 8.23. The van der Waals surface area contributed by atoms with Crippen molar-refractivity contribution < 1.29 is 9.90 Å². The van der Waals surface area contributed by atoms with Crippen LogP contribution in [0.5, 0.6) is 0 Å². The molecule has 10 heteroatoms. The Morgan fingerprint density at radius 3 is 2.49 bits per heavy atom. The third-order valence-corrected chi connectivity index (χ3v) is 6.73. The van der Waals surface area contributed by atoms with Crippen LogP contribution in [-0.4, -0.2) is 40.7 Å². The maximum atomic E-state index is 13.5. The van der Waals surface area contributed by atoms with Crippen LogP contribution in [0.15, 0.2) is 96.3 Å². The molecule has 4 N–H and O–H groups in total. The average molecular weight is 546 g/mol. The van der Waals surface area contributed by atoms with Gasteiger partial charge in [0.25, 0.3) is 11.5 Å². The molecule has 0 spiro atoms. The van der Waals surface area contributed by atoms with Gasteiger partial charge in [-0.05, 0) is 55.6 Å². The molecule has 6 rings (SSSR count). The molecule has 0 radical (unpaired) electrons. The Bertz CT molecular complexity index is 1970. The van der Waals surface area contributed by atoms with Gasteiger partial charge in [0.05, 0.1) is 23.0 Å². The van der Waals surface area contributed by atoms with Crippen LogP contribution in [0.25, 0.3) is 38.8 Å². The number of pyridine rings is 2. The molecule has 4 aromatic heterocycles. The van der Waals surface area contributed by atoms with Crippen LogP contribution in [0.2, 0.25) is 0 Å². The van der Waals surface area contributed by atoms with Gasteiger partial charge in [0.15, 0.2) is 0 Å². The monoisotopic (exact) mass is 545 g/mol. The summed E-state index contributed by atoms with van der Waals surface area (Å²) in [7, 11) is 0. The van der Waals surface area contributed by atoms with Crippen LogP contribution >= 0.6 is 0 Å². The average Bonchev–Trinajstić information content (AvgIpc) is 3.31. The molecule has 0 fully saturated rings. The number of carbonyl (C=O) groups excluding carboxylic acids is 1. The van der Waals surface area contributed by atoms with E-state index in [-0.39, 0.29) is 11.4 Å². The number of rotatable bonds is 6. The number of fused-ring (bicyclic) bond motifs is 2. The van der Waals surface area contributed by atoms with Gasteiger partial charge in [-0.1, -0.05) is 36.4 Å². The normalized spacial score (nSPS) is 11.7. The van der Waals surface area contributed by atoms with E-state index in [4.69, 9.17) is 5.73 Å². The first-order valence-corrected chi connectivity index (χ1v) is 13.0. The quantitative estimate of drug-likeness (QED) is 0.282. The Morgan fingerprint density at radius 2 is 1.76 bits per heavy atom. The van der Waals surface area contributed by atoms with Crippen LogP contribution in [0.4, 0.5) is 11.6 Å². The second kappa shape index (κ2) is 10.00. The standard InChI is InChI=1S/C31H27N7O3/c1-31(2,41)17-37-16-23(26-27(32)34-18-35-28(26)37)20-12-13-25(33-15-20)36-29(39)22-14-19-8-6-7-11-24(19)38(30(22)40)21-9-4-3-5-10-21/h3-16,18,41H,17H2,1-2H3,(H2,32,34,35)(H,33,36,39). The Morgan fingerprint density at radius 1 is 1.00 bits per heavy atom. The van der Waals surface area contributed by atoms with Crippen LogP contribution in [0, 0.1) is 0 Å². The fourth-order valence-corrected chi connectivity index (χ4v) is 4.97. The SMILES string of the molecule is CC(C)(O)Cn1cc(-c2ccc(NC(=O)c3cc4ccccc4n(-c4ccccc4)c3=O)nc2)c2c(N)ncnc21. The van der Waals surface area contributed by atoms with Gasteiger partial charge in [0, 0.05) is 29.2 Å². The zero-order valence-electron chi connectivity index (χ0n) is 22.4. The summed E-state index contributed by atoms with van der Waals surface area (Å²) < 4.78 is 3.37. The van der Waals surface area contributed by atoms with Gasteiger partial charge >= 0.3 is 0 Å². The number of nitrogens with zero attached hydrogens (tertiary/aromatic N) is 5. The molecule has 0 atom stereocenters. The molecule has 0 saturated heterocycles. The molecule has 4 heterocycles. The van der Waals surface area contributed by atoms with Crippen LogP contribution in [-0.2, 0) is 6.54 Å². The van der Waals surface area contributed by atoms with Gasteiger partial charge in [-0.3, -0.25) is 14.2 Å². The third-order valence-electron chi connectivity index (χ3n) is 6.73. The van der Waals surface area contributed by atoms with Gasteiger partial charge in [-0.2, -0.15) is 0 Å². The number of benzene rings is 2. The third kappa shape index (κ3) is 4.92. The number of carbonyl (C=O) groups is 1. The van der Waals surface area contributed by atoms with E-state index in [1.54, 1.807) is 38.2 Å². The molecule has 0 bridgehead atoms. The summed E-state index contributed by atoms with van der Waals surface area (Å²) >= 11 is 0. The molecule has 41 heavy (non-hydrogen) atoms. The second-order valence-electron chi connectivity index (χ2n) is 10.4. The summed E-state index contributed by atoms with van der Waals surface area (Å²) in [6, 6.07) is 21.7. The maximum absolute atomic E-state index is 13.5. The van der Waals surface area contributed by atoms with Crippen molar-refractivity contribution >= 4 is 39.5 Å². The van der Waals surface area contributed by atoms with Crippen molar-refractivity contribution in [3.63, 3.8) is 0 Å². The smallest absolute Gasteiger partial charge is 0.268 e. The molecule has 0 saturated carbocycles. The largest absolute Gasteiger partial charge is 0.389 e. The zero-order chi connectivity index (χ0) is 28.7. The number of hydrogen-bond donors (Lipinski definition) is 3. The molecule has 6 aromatic rings. The molecule has 0 aliphatic rings. The minimum absolute atomic E-state index is 0.00181. The first-order chi connectivity index (χ1) is 19.7. The van der Waals surface area contributed by atoms with E-state index in [0.717, 1.165) is 16.5 Å². The van der Waals surface area contributed by atoms with E-state index in [2.05, 4.69) is 20.3 Å². The molecular weight excluding hydrogens is 518 g/mol. The predicted molar refractivity (Wildman–Crippen MR) is 159 cm³/mol. The van der Waals surface area contributed by atoms with Crippen molar-refractivity contribution in [2.24, 2.45) is 0 Å². The second-order valence-corrected chi connectivity index (χ2v) is 10.4. The van der Waals surface area contributed by atoms with E-state index in [1.807, 2.05) is 65.4 Å². The number of nitrogen functional groups attached to an aromatic ring is 1. The van der Waals surface area contributed by atoms with E-state index in [9.17, 15) is 14.7 Å². The van der Waals surface area contributed by atoms with E-state index < -0.39 is 17.1 Å². The van der Waals surface area contributed by atoms with Crippen LogP contribution in [0.1, 0.15) is 24.2 Å². The number of aliphatic hydroxyl groups is 1. The van der Waals surface area contributed by atoms with E-state index in [1.165, 1.54) is 10.9 Å². The molecule has 10 nitrogen and oxygen atoms in total. The number of hydrogen-bond acceptors (Lipinski definition) is 7. The Kier molecular flexibility index (Phi) is 6.32. The van der Waals surface area contributed by atoms with Gasteiger partial charge in [0.1, 0.15) is 29.2 Å². The minimum Gasteiger partial charge on any atom is -0.389 e. The van der Waals surface area contributed by atoms with E-state index >= 15 is 0 Å². The summed E-state index contributed by atoms with van der Waals surface area (Å²) in [6.07, 6.45) is 4.84. The van der Waals surface area contributed by atoms with Crippen molar-refractivity contribution in [3.8, 4) is 16.8 Å². The highest BCUT2D eigenvalue weighted by Crippen LogP contribution is 2.33. The number of anilines is 2. The summed E-state index contributed by atoms with van der Waals surface area (Å²) in [5.74, 6) is 0.0232. The van der Waals surface area contributed by atoms with Gasteiger partial charge in [-0.15, -0.1) is 0 Å². The van der Waals surface area contributed by atoms with Crippen molar-refractivity contribution in [1.82, 2.24) is 24.1 Å². The van der Waals surface area contributed by atoms with Gasteiger partial charge < -0.3 is 20.7 Å². The van der Waals surface area contributed by atoms with Gasteiger partial charge in [-0.25, -0.2) is 15.0 Å². The highest BCUT2D eigenvalue weighted by Gasteiger charge is 2.21. The summed E-state index contributed by atoms with van der Waals surface area (Å²) in [5, 5.41) is 14.5. The summed E-state index contributed by atoms with van der Waals surface area (Å²) in [4.78, 5) is 39.8. The summed E-state index contributed by atoms with van der Waals surface area (Å²) in [6.45, 7) is 3.73. The minimum atomic E-state index is -0.975. The van der Waals surface area contributed by atoms with Crippen LogP contribution in [0.3, 0.4) is 0 Å². The number of amides is 1. The van der Waals surface area contributed by atoms with Crippen molar-refractivity contribution in [1.29, 1.82) is 0 Å². The van der Waals surface area contributed by atoms with Crippen LogP contribution < -0.4 is 16.6 Å². The number of nitrogens with two attached hydrogens (primary N) is 1. The first kappa shape index (κ1) is 25.9. The predicted octanol–water partition coefficient (Wildman–Crippen LogP) is 4.40. The highest BCUT2D eigenvalue weighted by molar-refractivity contribution is 6.06. The van der Waals surface area contributed by atoms with Crippen molar-refractivity contribution in [2.75, 3.05) is 11.1 Å². The van der Waals surface area contributed by atoms with E-state index in [0.29, 0.717) is 34.6 Å². The molecule has 2 aromatic carbocycles. The molecule has 204 valence electrons. The Hall–Kier alpha value is -5.35. The maximum Gasteiger partial charge on any atom is 0.268 e. The topological polar surface area (TPSA) is 141 Å². The molecule has 0 aliphatic heterocycles. The Labute approximate surface area is 234 Å². The highest BCUT2D eigenvalue weighted by atomic mass is 16.3. The number of para-hydroxylation sites is 2. The molecule has 0 unspecified atom stereocenters. The lowest BCUT2D eigenvalue weighted by molar-refractivity contribution is 0.0627. The fourth-order valence-electron chi connectivity index (χ4n) is 4.97. The zero-order valence-corrected chi connectivity index (χ0v) is 22.4. The molecule has 0 aliphatic carbocycles. The lowest BCUT2D eigenvalue weighted by Crippen LogP contribution is -2.28. The Balaban J connectivity index is 1.34. The number of nitrogens with one attached hydrogen (secondary N) is 1. The lowest BCUT2D eigenvalue weighted by Gasteiger charge is -2.18. The molecular formula is C31H27N7O3.